The number of rotatable bonds is 11. The first kappa shape index (κ1) is 34.3. The lowest BCUT2D eigenvalue weighted by atomic mass is 9.92. The summed E-state index contributed by atoms with van der Waals surface area (Å²) in [7, 11) is 0. The molecule has 48 heavy (non-hydrogen) atoms. The quantitative estimate of drug-likeness (QED) is 0.162. The Morgan fingerprint density at radius 2 is 0.854 bits per heavy atom. The second kappa shape index (κ2) is 15.7. The summed E-state index contributed by atoms with van der Waals surface area (Å²) in [5.41, 5.74) is 15.4. The van der Waals surface area contributed by atoms with Gasteiger partial charge in [-0.25, -0.2) is 0 Å². The number of aryl methyl sites for hydroxylation is 4. The van der Waals surface area contributed by atoms with Gasteiger partial charge in [0.25, 0.3) is 0 Å². The monoisotopic (exact) mass is 644 g/mol. The van der Waals surface area contributed by atoms with Crippen molar-refractivity contribution in [2.75, 3.05) is 26.2 Å². The lowest BCUT2D eigenvalue weighted by Crippen LogP contribution is -2.29. The predicted molar refractivity (Wildman–Crippen MR) is 200 cm³/mol. The van der Waals surface area contributed by atoms with E-state index in [1.807, 2.05) is 0 Å². The molecule has 0 aromatic heterocycles. The van der Waals surface area contributed by atoms with Gasteiger partial charge in [-0.05, 0) is 172 Å². The first-order valence-corrected chi connectivity index (χ1v) is 18.3. The van der Waals surface area contributed by atoms with Crippen molar-refractivity contribution >= 4 is 0 Å². The maximum atomic E-state index is 6.50. The van der Waals surface area contributed by atoms with Gasteiger partial charge in [-0.3, -0.25) is 9.80 Å². The van der Waals surface area contributed by atoms with E-state index in [4.69, 9.17) is 9.47 Å². The third kappa shape index (κ3) is 8.15. The van der Waals surface area contributed by atoms with Crippen LogP contribution >= 0.6 is 0 Å². The molecule has 0 aliphatic carbocycles. The highest BCUT2D eigenvalue weighted by Crippen LogP contribution is 2.33. The van der Waals surface area contributed by atoms with Gasteiger partial charge < -0.3 is 9.47 Å². The molecule has 0 N–H and O–H groups in total. The van der Waals surface area contributed by atoms with Crippen molar-refractivity contribution in [1.82, 2.24) is 9.80 Å². The third-order valence-electron chi connectivity index (χ3n) is 10.9. The second-order valence-corrected chi connectivity index (χ2v) is 14.5. The van der Waals surface area contributed by atoms with E-state index in [9.17, 15) is 0 Å². The Labute approximate surface area is 290 Å². The number of likely N-dealkylation sites (tertiary alicyclic amines) is 2. The normalized spacial score (nSPS) is 15.9. The van der Waals surface area contributed by atoms with E-state index < -0.39 is 0 Å². The maximum Gasteiger partial charge on any atom is 0.123 e. The number of piperidine rings is 2. The van der Waals surface area contributed by atoms with Crippen LogP contribution in [0, 0.1) is 41.5 Å². The van der Waals surface area contributed by atoms with Crippen LogP contribution in [0.2, 0.25) is 0 Å². The Bertz CT molecular complexity index is 1580. The molecule has 6 rings (SSSR count). The van der Waals surface area contributed by atoms with Crippen LogP contribution < -0.4 is 9.47 Å². The Hall–Kier alpha value is -3.60. The van der Waals surface area contributed by atoms with Gasteiger partial charge in [-0.2, -0.15) is 0 Å². The molecule has 0 radical (unpaired) electrons. The standard InChI is InChI=1S/C44H56N2O2/c1-31-25-43(33(3)23-39(31)27-45-19-9-7-10-20-45)47-29-37-15-13-17-41(35(37)5)42-18-14-16-38(36(42)6)30-48-44-26-32(2)40(24-34(44)4)28-46-21-11-8-12-22-46/h13-18,23-26H,7-12,19-22,27-30H2,1-6H3. The van der Waals surface area contributed by atoms with Crippen molar-refractivity contribution in [3.8, 4) is 22.6 Å². The van der Waals surface area contributed by atoms with Crippen molar-refractivity contribution in [2.24, 2.45) is 0 Å². The number of nitrogens with zero attached hydrogens (tertiary/aromatic N) is 2. The van der Waals surface area contributed by atoms with Gasteiger partial charge in [0.05, 0.1) is 0 Å². The molecule has 4 nitrogen and oxygen atoms in total. The summed E-state index contributed by atoms with van der Waals surface area (Å²) >= 11 is 0. The van der Waals surface area contributed by atoms with E-state index in [0.717, 1.165) is 24.6 Å². The molecule has 2 saturated heterocycles. The van der Waals surface area contributed by atoms with Gasteiger partial charge in [0.2, 0.25) is 0 Å². The predicted octanol–water partition coefficient (Wildman–Crippen LogP) is 10.3. The summed E-state index contributed by atoms with van der Waals surface area (Å²) in [5, 5.41) is 0. The Morgan fingerprint density at radius 1 is 0.458 bits per heavy atom. The molecule has 0 unspecified atom stereocenters. The molecule has 0 atom stereocenters. The van der Waals surface area contributed by atoms with E-state index in [2.05, 4.69) is 112 Å². The number of hydrogen-bond donors (Lipinski definition) is 0. The summed E-state index contributed by atoms with van der Waals surface area (Å²) in [5.74, 6) is 1.97. The van der Waals surface area contributed by atoms with Crippen molar-refractivity contribution < 1.29 is 9.47 Å². The molecule has 0 amide bonds. The zero-order valence-corrected chi connectivity index (χ0v) is 30.4. The van der Waals surface area contributed by atoms with Gasteiger partial charge in [0.1, 0.15) is 24.7 Å². The average Bonchev–Trinajstić information content (AvgIpc) is 3.09. The highest BCUT2D eigenvalue weighted by Gasteiger charge is 2.17. The van der Waals surface area contributed by atoms with Crippen LogP contribution in [0.1, 0.15) is 94.2 Å². The first-order chi connectivity index (χ1) is 23.3. The topological polar surface area (TPSA) is 24.9 Å². The minimum atomic E-state index is 0.555. The van der Waals surface area contributed by atoms with Crippen LogP contribution in [0.4, 0.5) is 0 Å². The minimum Gasteiger partial charge on any atom is -0.489 e. The third-order valence-corrected chi connectivity index (χ3v) is 10.9. The molecule has 4 heteroatoms. The molecule has 2 aliphatic heterocycles. The fourth-order valence-electron chi connectivity index (χ4n) is 7.64. The Kier molecular flexibility index (Phi) is 11.2. The van der Waals surface area contributed by atoms with Gasteiger partial charge in [0, 0.05) is 13.1 Å². The van der Waals surface area contributed by atoms with Gasteiger partial charge >= 0.3 is 0 Å². The van der Waals surface area contributed by atoms with Crippen LogP contribution in [0.5, 0.6) is 11.5 Å². The van der Waals surface area contributed by atoms with Crippen LogP contribution in [0.25, 0.3) is 11.1 Å². The number of ether oxygens (including phenoxy) is 2. The first-order valence-electron chi connectivity index (χ1n) is 18.3. The highest BCUT2D eigenvalue weighted by molar-refractivity contribution is 5.72. The summed E-state index contributed by atoms with van der Waals surface area (Å²) in [6.07, 6.45) is 8.03. The van der Waals surface area contributed by atoms with E-state index in [0.29, 0.717) is 13.2 Å². The molecule has 0 bridgehead atoms. The summed E-state index contributed by atoms with van der Waals surface area (Å²) in [6.45, 7) is 21.3. The summed E-state index contributed by atoms with van der Waals surface area (Å²) in [6, 6.07) is 22.4. The molecular formula is C44H56N2O2. The molecule has 254 valence electrons. The molecule has 0 saturated carbocycles. The molecule has 4 aromatic rings. The lowest BCUT2D eigenvalue weighted by molar-refractivity contribution is 0.220. The number of benzene rings is 4. The fourth-order valence-corrected chi connectivity index (χ4v) is 7.64. The second-order valence-electron chi connectivity index (χ2n) is 14.5. The van der Waals surface area contributed by atoms with Crippen molar-refractivity contribution in [1.29, 1.82) is 0 Å². The average molecular weight is 645 g/mol. The maximum absolute atomic E-state index is 6.50. The summed E-state index contributed by atoms with van der Waals surface area (Å²) in [4.78, 5) is 5.19. The van der Waals surface area contributed by atoms with Crippen LogP contribution in [-0.2, 0) is 26.3 Å². The lowest BCUT2D eigenvalue weighted by Gasteiger charge is -2.27. The molecule has 4 aromatic carbocycles. The van der Waals surface area contributed by atoms with Crippen molar-refractivity contribution in [3.63, 3.8) is 0 Å². The molecule has 2 aliphatic rings. The summed E-state index contributed by atoms with van der Waals surface area (Å²) < 4.78 is 13.0. The number of hydrogen-bond acceptors (Lipinski definition) is 4. The van der Waals surface area contributed by atoms with Gasteiger partial charge in [-0.15, -0.1) is 0 Å². The van der Waals surface area contributed by atoms with E-state index in [1.54, 1.807) is 0 Å². The van der Waals surface area contributed by atoms with Crippen LogP contribution in [0.15, 0.2) is 60.7 Å². The largest absolute Gasteiger partial charge is 0.489 e. The van der Waals surface area contributed by atoms with Crippen molar-refractivity contribution in [3.05, 3.63) is 116 Å². The fraction of sp³-hybridized carbons (Fsp3) is 0.455. The minimum absolute atomic E-state index is 0.555. The van der Waals surface area contributed by atoms with Crippen LogP contribution in [0.3, 0.4) is 0 Å². The molecular weight excluding hydrogens is 588 g/mol. The highest BCUT2D eigenvalue weighted by atomic mass is 16.5. The van der Waals surface area contributed by atoms with E-state index in [1.165, 1.54) is 131 Å². The van der Waals surface area contributed by atoms with Gasteiger partial charge in [0.15, 0.2) is 0 Å². The molecule has 2 heterocycles. The molecule has 0 spiro atoms. The van der Waals surface area contributed by atoms with E-state index >= 15 is 0 Å². The van der Waals surface area contributed by atoms with Gasteiger partial charge in [-0.1, -0.05) is 61.4 Å². The smallest absolute Gasteiger partial charge is 0.123 e. The molecule has 2 fully saturated rings. The SMILES string of the molecule is Cc1cc(OCc2cccc(-c3cccc(COc4cc(C)c(CN5CCCCC5)cc4C)c3C)c2C)c(C)cc1CN1CCCCC1. The van der Waals surface area contributed by atoms with Crippen molar-refractivity contribution in [2.45, 2.75) is 106 Å². The van der Waals surface area contributed by atoms with E-state index in [-0.39, 0.29) is 0 Å². The Morgan fingerprint density at radius 3 is 1.25 bits per heavy atom. The van der Waals surface area contributed by atoms with Crippen LogP contribution in [-0.4, -0.2) is 36.0 Å². The zero-order valence-electron chi connectivity index (χ0n) is 30.4. The zero-order chi connectivity index (χ0) is 33.6. The Balaban J connectivity index is 1.13.